The Morgan fingerprint density at radius 3 is 1.54 bits per heavy atom. The van der Waals surface area contributed by atoms with Gasteiger partial charge in [0.05, 0.1) is 25.0 Å². The van der Waals surface area contributed by atoms with Crippen LogP contribution in [0, 0.1) is 5.92 Å². The first-order valence-electron chi connectivity index (χ1n) is 9.04. The standard InChI is InChI=1S/C5H6O3.C5H8O.C4H8O.C3H6O.C3H8/c1-3-2-4(6)8-5(3)7;1-3-4-5(2)6;1-3-4(2)5;1-3-2-4-3;1-3-2/h3H,2H2,1H3;3-4H,1-2H3;3H2,1-2H3;3H,2H2,1H3;3H2,1-2H3. The van der Waals surface area contributed by atoms with Gasteiger partial charge in [-0.05, 0) is 33.8 Å². The van der Waals surface area contributed by atoms with Gasteiger partial charge in [-0.15, -0.1) is 0 Å². The molecule has 2 atom stereocenters. The average molecular weight is 373 g/mol. The number of carbonyl (C=O) groups excluding carboxylic acids is 4. The largest absolute Gasteiger partial charge is 0.393 e. The molecule has 0 amide bonds. The minimum absolute atomic E-state index is 0.109. The first kappa shape index (κ1) is 29.0. The molecule has 0 aliphatic carbocycles. The van der Waals surface area contributed by atoms with Crippen molar-refractivity contribution in [2.24, 2.45) is 5.92 Å². The fraction of sp³-hybridized carbons (Fsp3) is 0.700. The second-order valence-electron chi connectivity index (χ2n) is 5.92. The molecule has 0 radical (unpaired) electrons. The molecule has 6 nitrogen and oxygen atoms in total. The van der Waals surface area contributed by atoms with Gasteiger partial charge in [-0.1, -0.05) is 40.2 Å². The molecule has 0 saturated carbocycles. The number of hydrogen-bond acceptors (Lipinski definition) is 6. The second-order valence-corrected chi connectivity index (χ2v) is 5.92. The predicted molar refractivity (Wildman–Crippen MR) is 103 cm³/mol. The van der Waals surface area contributed by atoms with E-state index in [2.05, 4.69) is 25.5 Å². The number of hydrogen-bond donors (Lipinski definition) is 0. The van der Waals surface area contributed by atoms with Crippen LogP contribution in [0.25, 0.3) is 0 Å². The molecule has 2 aliphatic rings. The summed E-state index contributed by atoms with van der Waals surface area (Å²) in [5.74, 6) is -0.650. The van der Waals surface area contributed by atoms with Gasteiger partial charge in [0.1, 0.15) is 5.78 Å². The van der Waals surface area contributed by atoms with Gasteiger partial charge in [0, 0.05) is 6.42 Å². The Bertz CT molecular complexity index is 436. The molecular weight excluding hydrogens is 336 g/mol. The molecule has 0 N–H and O–H groups in total. The van der Waals surface area contributed by atoms with Crippen molar-refractivity contribution in [2.75, 3.05) is 6.61 Å². The number of allylic oxidation sites excluding steroid dienone is 2. The summed E-state index contributed by atoms with van der Waals surface area (Å²) in [7, 11) is 0. The molecule has 0 aromatic heterocycles. The summed E-state index contributed by atoms with van der Waals surface area (Å²) in [6.45, 7) is 15.7. The van der Waals surface area contributed by atoms with Crippen LogP contribution in [0.1, 0.15) is 74.7 Å². The highest BCUT2D eigenvalue weighted by molar-refractivity contribution is 5.94. The van der Waals surface area contributed by atoms with E-state index in [0.717, 1.165) is 6.61 Å². The molecule has 2 rings (SSSR count). The molecule has 26 heavy (non-hydrogen) atoms. The highest BCUT2D eigenvalue weighted by Gasteiger charge is 2.28. The summed E-state index contributed by atoms with van der Waals surface area (Å²) in [6, 6.07) is 0. The molecule has 152 valence electrons. The summed E-state index contributed by atoms with van der Waals surface area (Å²) in [5.41, 5.74) is 0. The number of ketones is 2. The Labute approximate surface area is 158 Å². The minimum atomic E-state index is -0.400. The van der Waals surface area contributed by atoms with Gasteiger partial charge in [-0.3, -0.25) is 14.4 Å². The first-order chi connectivity index (χ1) is 12.0. The van der Waals surface area contributed by atoms with E-state index >= 15 is 0 Å². The Balaban J connectivity index is -0.000000265. The molecule has 0 aromatic carbocycles. The van der Waals surface area contributed by atoms with Gasteiger partial charge in [0.2, 0.25) is 0 Å². The summed E-state index contributed by atoms with van der Waals surface area (Å²) in [5, 5.41) is 0. The smallest absolute Gasteiger partial charge is 0.316 e. The monoisotopic (exact) mass is 372 g/mol. The lowest BCUT2D eigenvalue weighted by molar-refractivity contribution is -0.153. The molecule has 6 heteroatoms. The van der Waals surface area contributed by atoms with Crippen molar-refractivity contribution in [1.29, 1.82) is 0 Å². The molecule has 2 saturated heterocycles. The summed E-state index contributed by atoms with van der Waals surface area (Å²) in [6.07, 6.45) is 6.00. The minimum Gasteiger partial charge on any atom is -0.393 e. The summed E-state index contributed by atoms with van der Waals surface area (Å²) < 4.78 is 8.90. The van der Waals surface area contributed by atoms with Gasteiger partial charge in [-0.25, -0.2) is 0 Å². The maximum absolute atomic E-state index is 10.3. The van der Waals surface area contributed by atoms with Crippen molar-refractivity contribution in [3.63, 3.8) is 0 Å². The Morgan fingerprint density at radius 2 is 1.50 bits per heavy atom. The third kappa shape index (κ3) is 30.1. The van der Waals surface area contributed by atoms with Crippen molar-refractivity contribution in [3.8, 4) is 0 Å². The van der Waals surface area contributed by atoms with Crippen molar-refractivity contribution in [1.82, 2.24) is 0 Å². The number of Topliss-reactive ketones (excluding diaryl/α,β-unsaturated/α-hetero) is 1. The van der Waals surface area contributed by atoms with E-state index < -0.39 is 11.9 Å². The molecule has 0 aromatic rings. The zero-order valence-electron chi connectivity index (χ0n) is 17.6. The number of ether oxygens (including phenoxy) is 2. The fourth-order valence-corrected chi connectivity index (χ4v) is 0.919. The number of rotatable bonds is 2. The van der Waals surface area contributed by atoms with E-state index in [1.165, 1.54) is 19.4 Å². The van der Waals surface area contributed by atoms with Crippen molar-refractivity contribution >= 4 is 23.5 Å². The van der Waals surface area contributed by atoms with Crippen molar-refractivity contribution in [3.05, 3.63) is 12.2 Å². The van der Waals surface area contributed by atoms with Gasteiger partial charge in [-0.2, -0.15) is 0 Å². The van der Waals surface area contributed by atoms with E-state index in [9.17, 15) is 19.2 Å². The van der Waals surface area contributed by atoms with E-state index in [-0.39, 0.29) is 23.9 Å². The third-order valence-corrected chi connectivity index (χ3v) is 2.49. The van der Waals surface area contributed by atoms with Crippen LogP contribution in [0.15, 0.2) is 12.2 Å². The van der Waals surface area contributed by atoms with Gasteiger partial charge in [0.15, 0.2) is 5.78 Å². The maximum Gasteiger partial charge on any atom is 0.316 e. The average Bonchev–Trinajstić information content (AvgIpc) is 3.25. The SMILES string of the molecule is CC1CC(=O)OC1=O.CC1CO1.CC=CC(C)=O.CCC.CCC(C)=O. The first-order valence-corrected chi connectivity index (χ1v) is 9.04. The molecule has 0 spiro atoms. The van der Waals surface area contributed by atoms with Crippen LogP contribution in [0.5, 0.6) is 0 Å². The van der Waals surface area contributed by atoms with E-state index in [0.29, 0.717) is 12.5 Å². The van der Waals surface area contributed by atoms with Crippen LogP contribution in [-0.4, -0.2) is 36.2 Å². The van der Waals surface area contributed by atoms with Crippen LogP contribution in [0.2, 0.25) is 0 Å². The van der Waals surface area contributed by atoms with Gasteiger partial charge in [0.25, 0.3) is 0 Å². The third-order valence-electron chi connectivity index (χ3n) is 2.49. The molecule has 2 fully saturated rings. The van der Waals surface area contributed by atoms with Gasteiger partial charge >= 0.3 is 11.9 Å². The lowest BCUT2D eigenvalue weighted by Crippen LogP contribution is -2.01. The predicted octanol–water partition coefficient (Wildman–Crippen LogP) is 4.05. The number of esters is 2. The highest BCUT2D eigenvalue weighted by Crippen LogP contribution is 2.13. The number of cyclic esters (lactones) is 2. The highest BCUT2D eigenvalue weighted by atomic mass is 16.6. The Kier molecular flexibility index (Phi) is 21.7. The second kappa shape index (κ2) is 19.5. The van der Waals surface area contributed by atoms with Crippen LogP contribution < -0.4 is 0 Å². The number of epoxide rings is 1. The van der Waals surface area contributed by atoms with E-state index in [1.807, 2.05) is 13.8 Å². The van der Waals surface area contributed by atoms with E-state index in [4.69, 9.17) is 4.74 Å². The van der Waals surface area contributed by atoms with Crippen LogP contribution >= 0.6 is 0 Å². The fourth-order valence-electron chi connectivity index (χ4n) is 0.919. The molecule has 2 heterocycles. The van der Waals surface area contributed by atoms with Crippen molar-refractivity contribution < 1.29 is 28.7 Å². The zero-order chi connectivity index (χ0) is 21.1. The summed E-state index contributed by atoms with van der Waals surface area (Å²) >= 11 is 0. The van der Waals surface area contributed by atoms with Crippen LogP contribution in [0.4, 0.5) is 0 Å². The quantitative estimate of drug-likeness (QED) is 0.314. The topological polar surface area (TPSA) is 90.0 Å². The lowest BCUT2D eigenvalue weighted by Gasteiger charge is -1.86. The van der Waals surface area contributed by atoms with Crippen LogP contribution in [0.3, 0.4) is 0 Å². The van der Waals surface area contributed by atoms with Crippen LogP contribution in [-0.2, 0) is 28.7 Å². The number of carbonyl (C=O) groups is 4. The van der Waals surface area contributed by atoms with Gasteiger partial charge < -0.3 is 14.3 Å². The summed E-state index contributed by atoms with van der Waals surface area (Å²) in [4.78, 5) is 40.3. The Morgan fingerprint density at radius 1 is 1.12 bits per heavy atom. The normalized spacial score (nSPS) is 19.2. The Hall–Kier alpha value is -1.82. The molecule has 2 aliphatic heterocycles. The maximum atomic E-state index is 10.3. The molecular formula is C20H36O6. The molecule has 2 unspecified atom stereocenters. The van der Waals surface area contributed by atoms with E-state index in [1.54, 1.807) is 19.9 Å². The van der Waals surface area contributed by atoms with Crippen molar-refractivity contribution in [2.45, 2.75) is 80.8 Å². The zero-order valence-corrected chi connectivity index (χ0v) is 17.6. The lowest BCUT2D eigenvalue weighted by atomic mass is 10.1. The molecule has 0 bridgehead atoms.